The van der Waals surface area contributed by atoms with E-state index in [1.165, 1.54) is 12.1 Å². The summed E-state index contributed by atoms with van der Waals surface area (Å²) in [5, 5.41) is 8.72. The molecule has 132 valence electrons. The number of halogens is 1. The van der Waals surface area contributed by atoms with Crippen LogP contribution in [0.15, 0.2) is 48.9 Å². The van der Waals surface area contributed by atoms with Gasteiger partial charge in [-0.05, 0) is 30.7 Å². The van der Waals surface area contributed by atoms with Gasteiger partial charge in [-0.25, -0.2) is 9.37 Å². The van der Waals surface area contributed by atoms with Gasteiger partial charge < -0.3 is 9.80 Å². The molecule has 0 bridgehead atoms. The molecule has 3 heterocycles. The van der Waals surface area contributed by atoms with Gasteiger partial charge in [0.1, 0.15) is 11.6 Å². The molecule has 1 fully saturated rings. The standard InChI is InChI=1S/C19H19FN6/c1-14-11-17(15-3-2-4-16(20)12-15)23-24-19(14)26-9-7-25(8-10-26)18-13-21-5-6-22-18/h2-6,11-13H,7-10H2,1H3. The monoisotopic (exact) mass is 350 g/mol. The van der Waals surface area contributed by atoms with Gasteiger partial charge in [0.25, 0.3) is 0 Å². The molecule has 1 saturated heterocycles. The first kappa shape index (κ1) is 16.4. The van der Waals surface area contributed by atoms with Crippen molar-refractivity contribution in [1.29, 1.82) is 0 Å². The fourth-order valence-electron chi connectivity index (χ4n) is 3.18. The van der Waals surface area contributed by atoms with Crippen LogP contribution in [0.25, 0.3) is 11.3 Å². The van der Waals surface area contributed by atoms with Crippen molar-refractivity contribution in [2.75, 3.05) is 36.0 Å². The van der Waals surface area contributed by atoms with E-state index in [-0.39, 0.29) is 5.82 Å². The average Bonchev–Trinajstić information content (AvgIpc) is 2.69. The van der Waals surface area contributed by atoms with Gasteiger partial charge in [-0.1, -0.05) is 12.1 Å². The zero-order valence-corrected chi connectivity index (χ0v) is 14.5. The summed E-state index contributed by atoms with van der Waals surface area (Å²) in [6, 6.07) is 8.39. The molecule has 0 saturated carbocycles. The van der Waals surface area contributed by atoms with Gasteiger partial charge in [-0.15, -0.1) is 10.2 Å². The molecule has 7 heteroatoms. The number of hydrogen-bond donors (Lipinski definition) is 0. The summed E-state index contributed by atoms with van der Waals surface area (Å²) in [5.74, 6) is 1.51. The summed E-state index contributed by atoms with van der Waals surface area (Å²) >= 11 is 0. The summed E-state index contributed by atoms with van der Waals surface area (Å²) in [7, 11) is 0. The van der Waals surface area contributed by atoms with Crippen molar-refractivity contribution < 1.29 is 4.39 Å². The maximum atomic E-state index is 13.4. The van der Waals surface area contributed by atoms with E-state index in [2.05, 4.69) is 30.0 Å². The number of nitrogens with zero attached hydrogens (tertiary/aromatic N) is 6. The second-order valence-corrected chi connectivity index (χ2v) is 6.28. The Kier molecular flexibility index (Phi) is 4.43. The van der Waals surface area contributed by atoms with Gasteiger partial charge in [-0.2, -0.15) is 0 Å². The summed E-state index contributed by atoms with van der Waals surface area (Å²) in [5.41, 5.74) is 2.45. The Balaban J connectivity index is 1.49. The molecule has 1 aromatic carbocycles. The minimum Gasteiger partial charge on any atom is -0.352 e. The van der Waals surface area contributed by atoms with Crippen LogP contribution in [0.2, 0.25) is 0 Å². The molecule has 0 radical (unpaired) electrons. The number of rotatable bonds is 3. The van der Waals surface area contributed by atoms with Crippen LogP contribution in [0, 0.1) is 12.7 Å². The Bertz CT molecular complexity index is 894. The number of aryl methyl sites for hydroxylation is 1. The van der Waals surface area contributed by atoms with E-state index in [0.717, 1.165) is 48.9 Å². The van der Waals surface area contributed by atoms with Crippen molar-refractivity contribution >= 4 is 11.6 Å². The van der Waals surface area contributed by atoms with Crippen molar-refractivity contribution in [2.45, 2.75) is 6.92 Å². The molecule has 1 aliphatic rings. The largest absolute Gasteiger partial charge is 0.352 e. The van der Waals surface area contributed by atoms with E-state index in [0.29, 0.717) is 5.69 Å². The maximum absolute atomic E-state index is 13.4. The zero-order chi connectivity index (χ0) is 17.9. The lowest BCUT2D eigenvalue weighted by Gasteiger charge is -2.36. The van der Waals surface area contributed by atoms with Crippen molar-refractivity contribution in [3.05, 3.63) is 60.3 Å². The third-order valence-electron chi connectivity index (χ3n) is 4.53. The van der Waals surface area contributed by atoms with Crippen molar-refractivity contribution in [2.24, 2.45) is 0 Å². The first-order valence-corrected chi connectivity index (χ1v) is 8.57. The summed E-state index contributed by atoms with van der Waals surface area (Å²) in [6.45, 7) is 5.40. The molecule has 0 amide bonds. The summed E-state index contributed by atoms with van der Waals surface area (Å²) < 4.78 is 13.4. The summed E-state index contributed by atoms with van der Waals surface area (Å²) in [6.07, 6.45) is 5.18. The number of piperazine rings is 1. The van der Waals surface area contributed by atoms with E-state index in [1.54, 1.807) is 24.7 Å². The van der Waals surface area contributed by atoms with Crippen molar-refractivity contribution in [1.82, 2.24) is 20.2 Å². The van der Waals surface area contributed by atoms with Gasteiger partial charge >= 0.3 is 0 Å². The molecular weight excluding hydrogens is 331 g/mol. The van der Waals surface area contributed by atoms with Crippen LogP contribution >= 0.6 is 0 Å². The normalized spacial score (nSPS) is 14.5. The number of aromatic nitrogens is 4. The third-order valence-corrected chi connectivity index (χ3v) is 4.53. The van der Waals surface area contributed by atoms with E-state index in [9.17, 15) is 4.39 Å². The first-order chi connectivity index (χ1) is 12.7. The lowest BCUT2D eigenvalue weighted by Crippen LogP contribution is -2.47. The zero-order valence-electron chi connectivity index (χ0n) is 14.5. The van der Waals surface area contributed by atoms with Gasteiger partial charge in [0.15, 0.2) is 5.82 Å². The third kappa shape index (κ3) is 3.33. The minimum atomic E-state index is -0.272. The molecule has 3 aromatic rings. The van der Waals surface area contributed by atoms with Crippen LogP contribution in [0.5, 0.6) is 0 Å². The molecule has 0 spiro atoms. The number of anilines is 2. The number of benzene rings is 1. The Morgan fingerprint density at radius 1 is 0.962 bits per heavy atom. The van der Waals surface area contributed by atoms with Crippen molar-refractivity contribution in [3.63, 3.8) is 0 Å². The van der Waals surface area contributed by atoms with E-state index in [4.69, 9.17) is 0 Å². The van der Waals surface area contributed by atoms with Crippen LogP contribution in [0.1, 0.15) is 5.56 Å². The highest BCUT2D eigenvalue weighted by Gasteiger charge is 2.21. The van der Waals surface area contributed by atoms with Crippen molar-refractivity contribution in [3.8, 4) is 11.3 Å². The summed E-state index contributed by atoms with van der Waals surface area (Å²) in [4.78, 5) is 12.9. The quantitative estimate of drug-likeness (QED) is 0.724. The molecule has 2 aromatic heterocycles. The van der Waals surface area contributed by atoms with Gasteiger partial charge in [0.2, 0.25) is 0 Å². The molecule has 0 aliphatic carbocycles. The Labute approximate surface area is 151 Å². The fraction of sp³-hybridized carbons (Fsp3) is 0.263. The second-order valence-electron chi connectivity index (χ2n) is 6.28. The topological polar surface area (TPSA) is 58.0 Å². The van der Waals surface area contributed by atoms with Gasteiger partial charge in [-0.3, -0.25) is 4.98 Å². The van der Waals surface area contributed by atoms with Crippen LogP contribution in [0.3, 0.4) is 0 Å². The fourth-order valence-corrected chi connectivity index (χ4v) is 3.18. The molecule has 0 N–H and O–H groups in total. The molecular formula is C19H19FN6. The highest BCUT2D eigenvalue weighted by Crippen LogP contribution is 2.24. The molecule has 4 rings (SSSR count). The molecule has 0 unspecified atom stereocenters. The second kappa shape index (κ2) is 7.03. The highest BCUT2D eigenvalue weighted by molar-refractivity contribution is 5.62. The Morgan fingerprint density at radius 3 is 2.46 bits per heavy atom. The smallest absolute Gasteiger partial charge is 0.154 e. The maximum Gasteiger partial charge on any atom is 0.154 e. The van der Waals surface area contributed by atoms with Gasteiger partial charge in [0, 0.05) is 44.1 Å². The van der Waals surface area contributed by atoms with E-state index >= 15 is 0 Å². The molecule has 6 nitrogen and oxygen atoms in total. The lowest BCUT2D eigenvalue weighted by atomic mass is 10.1. The van der Waals surface area contributed by atoms with Crippen LogP contribution in [-0.2, 0) is 0 Å². The van der Waals surface area contributed by atoms with E-state index < -0.39 is 0 Å². The van der Waals surface area contributed by atoms with E-state index in [1.807, 2.05) is 19.1 Å². The average molecular weight is 350 g/mol. The SMILES string of the molecule is Cc1cc(-c2cccc(F)c2)nnc1N1CCN(c2cnccn2)CC1. The van der Waals surface area contributed by atoms with Gasteiger partial charge in [0.05, 0.1) is 11.9 Å². The Morgan fingerprint density at radius 2 is 1.77 bits per heavy atom. The molecule has 0 atom stereocenters. The van der Waals surface area contributed by atoms with Crippen LogP contribution in [-0.4, -0.2) is 46.3 Å². The Hall–Kier alpha value is -3.09. The lowest BCUT2D eigenvalue weighted by molar-refractivity contribution is 0.628. The highest BCUT2D eigenvalue weighted by atomic mass is 19.1. The first-order valence-electron chi connectivity index (χ1n) is 8.57. The van der Waals surface area contributed by atoms with Crippen LogP contribution in [0.4, 0.5) is 16.0 Å². The predicted octanol–water partition coefficient (Wildman–Crippen LogP) is 2.71. The minimum absolute atomic E-state index is 0.272. The number of hydrogen-bond acceptors (Lipinski definition) is 6. The molecule has 1 aliphatic heterocycles. The molecule has 26 heavy (non-hydrogen) atoms. The predicted molar refractivity (Wildman–Crippen MR) is 98.6 cm³/mol. The van der Waals surface area contributed by atoms with Crippen LogP contribution < -0.4 is 9.80 Å².